The summed E-state index contributed by atoms with van der Waals surface area (Å²) < 4.78 is 0. The van der Waals surface area contributed by atoms with Crippen molar-refractivity contribution in [3.8, 4) is 0 Å². The average molecular weight is 268 g/mol. The Hall–Kier alpha value is -0.120. The lowest BCUT2D eigenvalue weighted by Crippen LogP contribution is -2.42. The van der Waals surface area contributed by atoms with Crippen molar-refractivity contribution in [2.75, 3.05) is 45.8 Å². The average Bonchev–Trinajstić information content (AvgIpc) is 2.45. The molecule has 1 radical (unpaired) electrons. The molecule has 19 heavy (non-hydrogen) atoms. The first-order valence-electron chi connectivity index (χ1n) is 8.41. The molecule has 1 saturated heterocycles. The molecule has 0 N–H and O–H groups in total. The normalized spacial score (nSPS) is 17.5. The summed E-state index contributed by atoms with van der Waals surface area (Å²) in [5, 5.41) is 4.47. The van der Waals surface area contributed by atoms with E-state index in [1.165, 1.54) is 64.8 Å². The molecule has 0 atom stereocenters. The van der Waals surface area contributed by atoms with Gasteiger partial charge in [-0.1, -0.05) is 20.8 Å². The Bertz CT molecular complexity index is 196. The van der Waals surface area contributed by atoms with Gasteiger partial charge >= 0.3 is 0 Å². The number of rotatable bonds is 10. The third kappa shape index (κ3) is 6.73. The molecule has 1 aliphatic heterocycles. The topological polar surface area (TPSA) is 20.6 Å². The minimum Gasteiger partial charge on any atom is -0.303 e. The number of nitrogens with zero attached hydrogens (tertiary/aromatic N) is 3. The number of piperidine rings is 1. The van der Waals surface area contributed by atoms with Crippen molar-refractivity contribution in [2.45, 2.75) is 58.9 Å². The zero-order valence-corrected chi connectivity index (χ0v) is 13.4. The molecule has 0 amide bonds. The molecule has 113 valence electrons. The van der Waals surface area contributed by atoms with Crippen molar-refractivity contribution in [1.29, 1.82) is 0 Å². The highest BCUT2D eigenvalue weighted by atomic mass is 15.2. The van der Waals surface area contributed by atoms with Crippen LogP contribution in [0.2, 0.25) is 0 Å². The van der Waals surface area contributed by atoms with Crippen LogP contribution in [-0.4, -0.2) is 61.7 Å². The fourth-order valence-corrected chi connectivity index (χ4v) is 3.17. The molecular formula is C16H34N3. The molecule has 0 saturated carbocycles. The minimum absolute atomic E-state index is 0.799. The van der Waals surface area contributed by atoms with Crippen molar-refractivity contribution in [3.63, 3.8) is 0 Å². The summed E-state index contributed by atoms with van der Waals surface area (Å²) in [6.45, 7) is 15.3. The second kappa shape index (κ2) is 10.6. The summed E-state index contributed by atoms with van der Waals surface area (Å²) in [7, 11) is 0. The van der Waals surface area contributed by atoms with E-state index in [1.807, 2.05) is 0 Å². The predicted octanol–water partition coefficient (Wildman–Crippen LogP) is 2.59. The summed E-state index contributed by atoms with van der Waals surface area (Å²) in [5.74, 6) is 0. The van der Waals surface area contributed by atoms with E-state index in [0.717, 1.165) is 19.1 Å². The van der Waals surface area contributed by atoms with Crippen molar-refractivity contribution < 1.29 is 0 Å². The van der Waals surface area contributed by atoms with Gasteiger partial charge in [0.05, 0.1) is 0 Å². The summed E-state index contributed by atoms with van der Waals surface area (Å²) in [4.78, 5) is 5.31. The van der Waals surface area contributed by atoms with E-state index in [4.69, 9.17) is 0 Å². The highest BCUT2D eigenvalue weighted by molar-refractivity contribution is 4.77. The smallest absolute Gasteiger partial charge is 0.0148 e. The summed E-state index contributed by atoms with van der Waals surface area (Å²) in [6.07, 6.45) is 6.44. The first-order chi connectivity index (χ1) is 9.31. The molecule has 0 aromatic heterocycles. The summed E-state index contributed by atoms with van der Waals surface area (Å²) in [6, 6.07) is 0.799. The van der Waals surface area contributed by atoms with Gasteiger partial charge in [-0.05, 0) is 64.8 Å². The Balaban J connectivity index is 2.23. The van der Waals surface area contributed by atoms with E-state index in [1.54, 1.807) is 0 Å². The molecule has 1 rings (SSSR count). The monoisotopic (exact) mass is 268 g/mol. The molecule has 0 aromatic carbocycles. The maximum Gasteiger partial charge on any atom is 0.0148 e. The molecule has 0 unspecified atom stereocenters. The summed E-state index contributed by atoms with van der Waals surface area (Å²) >= 11 is 0. The van der Waals surface area contributed by atoms with Gasteiger partial charge in [-0.15, -0.1) is 0 Å². The van der Waals surface area contributed by atoms with Crippen LogP contribution in [0.15, 0.2) is 0 Å². The van der Waals surface area contributed by atoms with Crippen molar-refractivity contribution in [1.82, 2.24) is 15.1 Å². The molecule has 0 aromatic rings. The molecule has 3 heteroatoms. The van der Waals surface area contributed by atoms with E-state index >= 15 is 0 Å². The van der Waals surface area contributed by atoms with Crippen molar-refractivity contribution in [2.24, 2.45) is 0 Å². The highest BCUT2D eigenvalue weighted by Gasteiger charge is 2.19. The van der Waals surface area contributed by atoms with Gasteiger partial charge in [0.2, 0.25) is 0 Å². The van der Waals surface area contributed by atoms with Crippen LogP contribution >= 0.6 is 0 Å². The molecule has 1 fully saturated rings. The van der Waals surface area contributed by atoms with Crippen LogP contribution in [0.25, 0.3) is 0 Å². The van der Waals surface area contributed by atoms with Crippen LogP contribution in [0.4, 0.5) is 0 Å². The molecule has 1 aliphatic rings. The SMILES string of the molecule is CCCN(CCC)CCCN(CC)C1CC[N]CC1. The first kappa shape index (κ1) is 16.9. The quantitative estimate of drug-likeness (QED) is 0.607. The molecule has 0 aliphatic carbocycles. The zero-order valence-electron chi connectivity index (χ0n) is 13.4. The second-order valence-corrected chi connectivity index (χ2v) is 5.73. The van der Waals surface area contributed by atoms with E-state index in [-0.39, 0.29) is 0 Å². The van der Waals surface area contributed by atoms with Gasteiger partial charge in [0.1, 0.15) is 0 Å². The maximum absolute atomic E-state index is 4.47. The lowest BCUT2D eigenvalue weighted by Gasteiger charge is -2.34. The molecule has 3 nitrogen and oxygen atoms in total. The van der Waals surface area contributed by atoms with Crippen LogP contribution in [0.1, 0.15) is 52.9 Å². The Morgan fingerprint density at radius 3 is 2.05 bits per heavy atom. The van der Waals surface area contributed by atoms with Crippen molar-refractivity contribution >= 4 is 0 Å². The maximum atomic E-state index is 4.47. The lowest BCUT2D eigenvalue weighted by atomic mass is 10.0. The number of hydrogen-bond acceptors (Lipinski definition) is 2. The lowest BCUT2D eigenvalue weighted by molar-refractivity contribution is 0.156. The molecule has 0 bridgehead atoms. The van der Waals surface area contributed by atoms with Crippen LogP contribution < -0.4 is 5.32 Å². The van der Waals surface area contributed by atoms with Gasteiger partial charge in [-0.2, -0.15) is 0 Å². The van der Waals surface area contributed by atoms with E-state index in [2.05, 4.69) is 35.9 Å². The standard InChI is InChI=1S/C16H34N3/c1-4-12-18(13-5-2)14-7-15-19(6-3)16-8-10-17-11-9-16/h16H,4-15H2,1-3H3. The van der Waals surface area contributed by atoms with Gasteiger partial charge in [0.15, 0.2) is 0 Å². The second-order valence-electron chi connectivity index (χ2n) is 5.73. The van der Waals surface area contributed by atoms with Gasteiger partial charge in [0, 0.05) is 19.1 Å². The molecular weight excluding hydrogens is 234 g/mol. The Morgan fingerprint density at radius 1 is 0.895 bits per heavy atom. The van der Waals surface area contributed by atoms with E-state index in [0.29, 0.717) is 0 Å². The zero-order chi connectivity index (χ0) is 13.9. The highest BCUT2D eigenvalue weighted by Crippen LogP contribution is 2.12. The Labute approximate surface area is 120 Å². The van der Waals surface area contributed by atoms with Crippen molar-refractivity contribution in [3.05, 3.63) is 0 Å². The Kier molecular flexibility index (Phi) is 9.48. The van der Waals surface area contributed by atoms with E-state index < -0.39 is 0 Å². The van der Waals surface area contributed by atoms with E-state index in [9.17, 15) is 0 Å². The summed E-state index contributed by atoms with van der Waals surface area (Å²) in [5.41, 5.74) is 0. The van der Waals surface area contributed by atoms with Gasteiger partial charge in [0.25, 0.3) is 0 Å². The largest absolute Gasteiger partial charge is 0.303 e. The van der Waals surface area contributed by atoms with Crippen LogP contribution in [0.3, 0.4) is 0 Å². The molecule has 1 heterocycles. The fourth-order valence-electron chi connectivity index (χ4n) is 3.17. The Morgan fingerprint density at radius 2 is 1.53 bits per heavy atom. The third-order valence-electron chi connectivity index (χ3n) is 4.16. The fraction of sp³-hybridized carbons (Fsp3) is 1.00. The van der Waals surface area contributed by atoms with Crippen LogP contribution in [0.5, 0.6) is 0 Å². The van der Waals surface area contributed by atoms with Crippen LogP contribution in [0, 0.1) is 0 Å². The van der Waals surface area contributed by atoms with Gasteiger partial charge < -0.3 is 9.80 Å². The first-order valence-corrected chi connectivity index (χ1v) is 8.41. The third-order valence-corrected chi connectivity index (χ3v) is 4.16. The predicted molar refractivity (Wildman–Crippen MR) is 83.8 cm³/mol. The van der Waals surface area contributed by atoms with Crippen LogP contribution in [-0.2, 0) is 0 Å². The van der Waals surface area contributed by atoms with Gasteiger partial charge in [-0.3, -0.25) is 0 Å². The molecule has 0 spiro atoms. The minimum atomic E-state index is 0.799. The number of hydrogen-bond donors (Lipinski definition) is 0. The van der Waals surface area contributed by atoms with Gasteiger partial charge in [-0.25, -0.2) is 5.32 Å².